The molecule has 1 saturated carbocycles. The first kappa shape index (κ1) is 32.3. The summed E-state index contributed by atoms with van der Waals surface area (Å²) in [4.78, 5) is 34.1. The van der Waals surface area contributed by atoms with E-state index in [1.807, 2.05) is 4.90 Å². The maximum absolute atomic E-state index is 12.9. The minimum Gasteiger partial charge on any atom is -0.390 e. The molecule has 13 heteroatoms. The summed E-state index contributed by atoms with van der Waals surface area (Å²) < 4.78 is 6.28. The standard InChI is InChI=1S/C29H52ClN7O5/c1-18-21(16-42-35-18)15-41-26-4-3-20-13-36(8-7-24(20)28(26)30)14-23(39)12-31-29(40)25-11-27(33-17-32-25)34-22-5-9-37(10-6-22)19(2)38/h18,20-28,32-35,39H,3-17H2,1-2H3,(H,31,40)/t18?,20?,21?,23-,24?,25?,26?,27?,28?/m0/s1. The lowest BCUT2D eigenvalue weighted by molar-refractivity contribution is -0.130. The lowest BCUT2D eigenvalue weighted by Crippen LogP contribution is -2.62. The van der Waals surface area contributed by atoms with Crippen molar-refractivity contribution in [2.45, 2.75) is 94.2 Å². The van der Waals surface area contributed by atoms with Crippen molar-refractivity contribution < 1.29 is 24.3 Å². The zero-order valence-corrected chi connectivity index (χ0v) is 26.0. The molecular formula is C29H52ClN7O5. The van der Waals surface area contributed by atoms with Gasteiger partial charge >= 0.3 is 0 Å². The molecular weight excluding hydrogens is 562 g/mol. The van der Waals surface area contributed by atoms with Gasteiger partial charge in [0.15, 0.2) is 0 Å². The fraction of sp³-hybridized carbons (Fsp3) is 0.931. The topological polar surface area (TPSA) is 139 Å². The Morgan fingerprint density at radius 1 is 1.14 bits per heavy atom. The zero-order chi connectivity index (χ0) is 29.6. The van der Waals surface area contributed by atoms with Gasteiger partial charge < -0.3 is 29.8 Å². The van der Waals surface area contributed by atoms with Crippen molar-refractivity contribution in [2.24, 2.45) is 17.8 Å². The van der Waals surface area contributed by atoms with Crippen LogP contribution in [0.15, 0.2) is 0 Å². The third kappa shape index (κ3) is 8.54. The van der Waals surface area contributed by atoms with Gasteiger partial charge in [-0.15, -0.1) is 11.6 Å². The predicted molar refractivity (Wildman–Crippen MR) is 159 cm³/mol. The van der Waals surface area contributed by atoms with Gasteiger partial charge in [0, 0.05) is 70.7 Å². The molecule has 0 spiro atoms. The highest BCUT2D eigenvalue weighted by Crippen LogP contribution is 2.40. The molecule has 12 nitrogen and oxygen atoms in total. The maximum Gasteiger partial charge on any atom is 0.237 e. The summed E-state index contributed by atoms with van der Waals surface area (Å²) in [6.45, 7) is 9.79. The van der Waals surface area contributed by atoms with Crippen LogP contribution in [0.2, 0.25) is 0 Å². The van der Waals surface area contributed by atoms with E-state index in [9.17, 15) is 14.7 Å². The van der Waals surface area contributed by atoms with Crippen molar-refractivity contribution in [1.82, 2.24) is 36.5 Å². The number of hydrogen-bond donors (Lipinski definition) is 6. The van der Waals surface area contributed by atoms with E-state index >= 15 is 0 Å². The molecule has 0 aromatic heterocycles. The van der Waals surface area contributed by atoms with Gasteiger partial charge in [-0.3, -0.25) is 25.5 Å². The minimum atomic E-state index is -0.622. The Morgan fingerprint density at radius 2 is 1.95 bits per heavy atom. The molecule has 42 heavy (non-hydrogen) atoms. The molecule has 240 valence electrons. The predicted octanol–water partition coefficient (Wildman–Crippen LogP) is -0.437. The molecule has 6 N–H and O–H groups in total. The Kier molecular flexibility index (Phi) is 11.7. The highest BCUT2D eigenvalue weighted by atomic mass is 35.5. The molecule has 0 bridgehead atoms. The number of halogens is 1. The molecule has 0 aromatic carbocycles. The number of nitrogens with zero attached hydrogens (tertiary/aromatic N) is 2. The highest BCUT2D eigenvalue weighted by Gasteiger charge is 2.42. The van der Waals surface area contributed by atoms with E-state index in [0.29, 0.717) is 62.7 Å². The number of amides is 2. The van der Waals surface area contributed by atoms with Crippen LogP contribution in [0, 0.1) is 17.8 Å². The molecule has 4 saturated heterocycles. The lowest BCUT2D eigenvalue weighted by atomic mass is 9.73. The molecule has 4 aliphatic heterocycles. The van der Waals surface area contributed by atoms with E-state index in [4.69, 9.17) is 21.2 Å². The number of carbonyl (C=O) groups excluding carboxylic acids is 2. The third-order valence-electron chi connectivity index (χ3n) is 10.1. The van der Waals surface area contributed by atoms with Crippen molar-refractivity contribution in [3.63, 3.8) is 0 Å². The first-order valence-electron chi connectivity index (χ1n) is 16.1. The van der Waals surface area contributed by atoms with Crippen LogP contribution in [0.4, 0.5) is 0 Å². The summed E-state index contributed by atoms with van der Waals surface area (Å²) in [7, 11) is 0. The van der Waals surface area contributed by atoms with Crippen molar-refractivity contribution in [3.8, 4) is 0 Å². The average molecular weight is 614 g/mol. The van der Waals surface area contributed by atoms with E-state index in [0.717, 1.165) is 58.3 Å². The molecule has 8 unspecified atom stereocenters. The van der Waals surface area contributed by atoms with Gasteiger partial charge in [-0.2, -0.15) is 5.48 Å². The largest absolute Gasteiger partial charge is 0.390 e. The number of aliphatic hydroxyl groups excluding tert-OH is 1. The molecule has 0 aromatic rings. The third-order valence-corrected chi connectivity index (χ3v) is 10.7. The van der Waals surface area contributed by atoms with E-state index in [-0.39, 0.29) is 42.0 Å². The molecule has 5 aliphatic rings. The normalized spacial score (nSPS) is 37.3. The van der Waals surface area contributed by atoms with Crippen LogP contribution in [0.5, 0.6) is 0 Å². The van der Waals surface area contributed by atoms with Crippen LogP contribution in [0.3, 0.4) is 0 Å². The number of fused-ring (bicyclic) bond motifs is 1. The molecule has 0 radical (unpaired) electrons. The summed E-state index contributed by atoms with van der Waals surface area (Å²) in [5, 5.41) is 24.0. The molecule has 2 amide bonds. The first-order valence-corrected chi connectivity index (χ1v) is 16.5. The monoisotopic (exact) mass is 613 g/mol. The second kappa shape index (κ2) is 15.3. The average Bonchev–Trinajstić information content (AvgIpc) is 3.40. The van der Waals surface area contributed by atoms with Crippen LogP contribution >= 0.6 is 11.6 Å². The van der Waals surface area contributed by atoms with Gasteiger partial charge in [-0.1, -0.05) is 0 Å². The summed E-state index contributed by atoms with van der Waals surface area (Å²) >= 11 is 6.96. The fourth-order valence-corrected chi connectivity index (χ4v) is 7.89. The van der Waals surface area contributed by atoms with Crippen molar-refractivity contribution in [2.75, 3.05) is 59.2 Å². The van der Waals surface area contributed by atoms with Gasteiger partial charge in [-0.05, 0) is 57.4 Å². The summed E-state index contributed by atoms with van der Waals surface area (Å²) in [5.74, 6) is 1.36. The summed E-state index contributed by atoms with van der Waals surface area (Å²) in [5.41, 5.74) is 3.01. The fourth-order valence-electron chi connectivity index (χ4n) is 7.36. The SMILES string of the molecule is CC(=O)N1CCC(NC2CC(C(=O)NC[C@H](O)CN3CCC4C(CCC(OCC5CONC5C)C4Cl)C3)NCN2)CC1. The summed E-state index contributed by atoms with van der Waals surface area (Å²) in [6, 6.07) is 0.312. The Morgan fingerprint density at radius 3 is 2.69 bits per heavy atom. The Balaban J connectivity index is 0.978. The number of rotatable bonds is 10. The Hall–Kier alpha value is -1.09. The Labute approximate surface area is 255 Å². The Bertz CT molecular complexity index is 896. The van der Waals surface area contributed by atoms with Crippen molar-refractivity contribution >= 4 is 23.4 Å². The van der Waals surface area contributed by atoms with Gasteiger partial charge in [0.2, 0.25) is 11.8 Å². The van der Waals surface area contributed by atoms with E-state index in [1.165, 1.54) is 0 Å². The van der Waals surface area contributed by atoms with Crippen LogP contribution in [-0.2, 0) is 19.2 Å². The van der Waals surface area contributed by atoms with Crippen LogP contribution in [0.1, 0.15) is 52.4 Å². The zero-order valence-electron chi connectivity index (χ0n) is 25.2. The number of hydrogen-bond acceptors (Lipinski definition) is 10. The molecule has 5 fully saturated rings. The number of nitrogens with one attached hydrogen (secondary N) is 5. The number of likely N-dealkylation sites (tertiary alicyclic amines) is 2. The number of ether oxygens (including phenoxy) is 1. The number of piperidine rings is 2. The highest BCUT2D eigenvalue weighted by molar-refractivity contribution is 6.21. The van der Waals surface area contributed by atoms with Gasteiger partial charge in [-0.25, -0.2) is 0 Å². The minimum absolute atomic E-state index is 0.0184. The summed E-state index contributed by atoms with van der Waals surface area (Å²) in [6.07, 6.45) is 5.01. The smallest absolute Gasteiger partial charge is 0.237 e. The van der Waals surface area contributed by atoms with Gasteiger partial charge in [0.1, 0.15) is 0 Å². The lowest BCUT2D eigenvalue weighted by Gasteiger charge is -2.46. The first-order chi connectivity index (χ1) is 20.3. The second-order valence-corrected chi connectivity index (χ2v) is 13.6. The number of β-amino-alcohol motifs (C(OH)–C–C–N with tert-alkyl or cyclic N) is 1. The van der Waals surface area contributed by atoms with E-state index < -0.39 is 6.10 Å². The number of hydroxylamine groups is 1. The van der Waals surface area contributed by atoms with E-state index in [2.05, 4.69) is 38.6 Å². The van der Waals surface area contributed by atoms with Crippen molar-refractivity contribution in [3.05, 3.63) is 0 Å². The molecule has 1 aliphatic carbocycles. The number of aliphatic hydroxyl groups is 1. The van der Waals surface area contributed by atoms with Crippen molar-refractivity contribution in [1.29, 1.82) is 0 Å². The maximum atomic E-state index is 12.9. The molecule has 9 atom stereocenters. The van der Waals surface area contributed by atoms with Crippen LogP contribution < -0.4 is 26.7 Å². The number of alkyl halides is 1. The number of carbonyl (C=O) groups is 2. The molecule has 5 rings (SSSR count). The quantitative estimate of drug-likeness (QED) is 0.180. The van der Waals surface area contributed by atoms with E-state index in [1.54, 1.807) is 6.92 Å². The second-order valence-electron chi connectivity index (χ2n) is 13.1. The van der Waals surface area contributed by atoms with Crippen LogP contribution in [-0.4, -0.2) is 128 Å². The molecule has 4 heterocycles. The van der Waals surface area contributed by atoms with Crippen LogP contribution in [0.25, 0.3) is 0 Å². The van der Waals surface area contributed by atoms with Gasteiger partial charge in [0.25, 0.3) is 0 Å². The van der Waals surface area contributed by atoms with Gasteiger partial charge in [0.05, 0.1) is 43.0 Å².